The van der Waals surface area contributed by atoms with Gasteiger partial charge in [-0.2, -0.15) is 0 Å². The third-order valence-corrected chi connectivity index (χ3v) is 2.30. The van der Waals surface area contributed by atoms with Crippen LogP contribution in [0.1, 0.15) is 12.8 Å². The fraction of sp³-hybridized carbons (Fsp3) is 0.571. The van der Waals surface area contributed by atoms with Gasteiger partial charge >= 0.3 is 102 Å². The van der Waals surface area contributed by atoms with Gasteiger partial charge in [0.1, 0.15) is 0 Å². The molecule has 6 N–H and O–H groups in total. The summed E-state index contributed by atoms with van der Waals surface area (Å²) in [7, 11) is 0. The first-order valence-corrected chi connectivity index (χ1v) is 5.63. The summed E-state index contributed by atoms with van der Waals surface area (Å²) < 4.78 is 2.80. The van der Waals surface area contributed by atoms with E-state index in [2.05, 4.69) is 7.12 Å². The van der Waals surface area contributed by atoms with Crippen LogP contribution in [0, 0.1) is 5.41 Å². The van der Waals surface area contributed by atoms with Crippen molar-refractivity contribution in [2.75, 3.05) is 6.54 Å². The molecule has 0 saturated heterocycles. The zero-order valence-corrected chi connectivity index (χ0v) is 11.3. The van der Waals surface area contributed by atoms with Crippen LogP contribution in [0.25, 0.3) is 0 Å². The third kappa shape index (κ3) is 17.8. The molecule has 0 unspecified atom stereocenters. The maximum absolute atomic E-state index is 10.5. The minimum atomic E-state index is -2.33. The molecule has 0 heterocycles. The standard InChI is InChI=1S/C6H13N4O2.CH2O3.Ca/c7-4(5(11)12)2-1-3-10-6(8)9;2-1(3)4;/h4,7H,1-3H2,(H,11,12)(H4,8,9,10);(H2,2,3,4);/q-1;;+3/p-2/t4-;;/m0../s1. The first-order chi connectivity index (χ1) is 7.81. The van der Waals surface area contributed by atoms with E-state index in [1.165, 1.54) is 0 Å². The average molecular weight is 273 g/mol. The number of nitrogens with two attached hydrogens (primary N) is 1. The SMILES string of the molecule is N=C(N)NCCC[C@H]([NH][Ca+2])C(=O)O.O=C([O-])[O-]. The molecule has 0 saturated carbocycles. The average Bonchev–Trinajstić information content (AvgIpc) is 2.15. The third-order valence-electron chi connectivity index (χ3n) is 1.53. The van der Waals surface area contributed by atoms with E-state index in [9.17, 15) is 4.79 Å². The molecule has 0 aromatic heterocycles. The van der Waals surface area contributed by atoms with Crippen LogP contribution in [0.2, 0.25) is 0 Å². The molecule has 0 aliphatic carbocycles. The van der Waals surface area contributed by atoms with Crippen LogP contribution >= 0.6 is 0 Å². The van der Waals surface area contributed by atoms with E-state index in [-0.39, 0.29) is 5.96 Å². The van der Waals surface area contributed by atoms with Crippen molar-refractivity contribution in [2.24, 2.45) is 5.73 Å². The van der Waals surface area contributed by atoms with E-state index in [0.717, 1.165) is 36.2 Å². The Morgan fingerprint density at radius 3 is 2.24 bits per heavy atom. The van der Waals surface area contributed by atoms with Gasteiger partial charge in [0.2, 0.25) is 0 Å². The normalized spacial score (nSPS) is 10.6. The zero-order chi connectivity index (χ0) is 13.8. The zero-order valence-electron chi connectivity index (χ0n) is 9.06. The van der Waals surface area contributed by atoms with Crippen LogP contribution in [0.5, 0.6) is 0 Å². The fourth-order valence-corrected chi connectivity index (χ4v) is 1.43. The number of hydrogen-bond donors (Lipinski definition) is 5. The van der Waals surface area contributed by atoms with Crippen LogP contribution in [-0.2, 0) is 4.79 Å². The minimum Gasteiger partial charge on any atom is -0.652 e. The molecule has 0 aliphatic heterocycles. The number of carbonyl (C=O) groups is 2. The van der Waals surface area contributed by atoms with E-state index in [1.54, 1.807) is 0 Å². The van der Waals surface area contributed by atoms with Gasteiger partial charge in [0.05, 0.1) is 0 Å². The second kappa shape index (κ2) is 11.7. The fourth-order valence-electron chi connectivity index (χ4n) is 0.842. The summed E-state index contributed by atoms with van der Waals surface area (Å²) in [4.78, 5) is 18.9. The van der Waals surface area contributed by atoms with Crippen molar-refractivity contribution >= 4 is 54.2 Å². The molecule has 17 heavy (non-hydrogen) atoms. The number of rotatable bonds is 6. The Morgan fingerprint density at radius 1 is 1.47 bits per heavy atom. The van der Waals surface area contributed by atoms with E-state index >= 15 is 0 Å². The van der Waals surface area contributed by atoms with Crippen molar-refractivity contribution in [2.45, 2.75) is 18.9 Å². The largest absolute Gasteiger partial charge is 0.652 e. The summed E-state index contributed by atoms with van der Waals surface area (Å²) in [6.45, 7) is 0.542. The monoisotopic (exact) mass is 273 g/mol. The van der Waals surface area contributed by atoms with Gasteiger partial charge in [0.15, 0.2) is 0 Å². The maximum Gasteiger partial charge on any atom is -0.0431 e. The first kappa shape index (κ1) is 18.6. The van der Waals surface area contributed by atoms with Gasteiger partial charge in [-0.15, -0.1) is 0 Å². The van der Waals surface area contributed by atoms with Gasteiger partial charge in [0.25, 0.3) is 0 Å². The number of carboxylic acid groups (broad SMARTS) is 3. The molecule has 93 valence electrons. The molecule has 9 nitrogen and oxygen atoms in total. The molecular formula is C7H13CaN4O5. The van der Waals surface area contributed by atoms with E-state index in [1.807, 2.05) is 0 Å². The summed E-state index contributed by atoms with van der Waals surface area (Å²) >= 11 is 0.761. The van der Waals surface area contributed by atoms with Crippen LogP contribution in [-0.4, -0.2) is 71.9 Å². The summed E-state index contributed by atoms with van der Waals surface area (Å²) in [5, 5.41) is 34.8. The van der Waals surface area contributed by atoms with Crippen molar-refractivity contribution < 1.29 is 24.9 Å². The molecular weight excluding hydrogens is 260 g/mol. The number of hydrogen-bond acceptors (Lipinski definition) is 6. The summed E-state index contributed by atoms with van der Waals surface area (Å²) in [6.07, 6.45) is -1.10. The summed E-state index contributed by atoms with van der Waals surface area (Å²) in [5.41, 5.74) is 5.05. The molecule has 0 aromatic carbocycles. The van der Waals surface area contributed by atoms with Crippen LogP contribution in [0.15, 0.2) is 0 Å². The van der Waals surface area contributed by atoms with Crippen molar-refractivity contribution in [1.29, 1.82) is 5.41 Å². The number of carbonyl (C=O) groups excluding carboxylic acids is 1. The maximum atomic E-state index is 10.5. The van der Waals surface area contributed by atoms with Gasteiger partial charge in [-0.05, 0) is 6.16 Å². The second-order valence-corrected chi connectivity index (χ2v) is 3.47. The molecule has 0 amide bonds. The summed E-state index contributed by atoms with van der Waals surface area (Å²) in [5.74, 6) is -0.904. The van der Waals surface area contributed by atoms with Crippen LogP contribution < -0.4 is 23.1 Å². The van der Waals surface area contributed by atoms with Gasteiger partial charge < -0.3 is 15.0 Å². The Bertz CT molecular complexity index is 259. The van der Waals surface area contributed by atoms with Crippen molar-refractivity contribution in [3.8, 4) is 0 Å². The molecule has 0 aliphatic rings. The minimum absolute atomic E-state index is 0.0789. The summed E-state index contributed by atoms with van der Waals surface area (Å²) in [6, 6.07) is -0.464. The molecule has 0 spiro atoms. The molecule has 0 aromatic rings. The Kier molecular flexibility index (Phi) is 12.8. The molecule has 7 radical (unpaired) electrons. The molecule has 0 rings (SSSR count). The van der Waals surface area contributed by atoms with Gasteiger partial charge in [-0.1, -0.05) is 0 Å². The molecule has 0 fully saturated rings. The number of aliphatic carboxylic acids is 1. The smallest absolute Gasteiger partial charge is 0.0431 e. The Hall–Kier alpha value is -0.770. The van der Waals surface area contributed by atoms with Crippen molar-refractivity contribution in [1.82, 2.24) is 7.12 Å². The quantitative estimate of drug-likeness (QED) is 0.140. The topological polar surface area (TPSA) is 174 Å². The molecule has 1 atom stereocenters. The van der Waals surface area contributed by atoms with Gasteiger partial charge in [-0.3, -0.25) is 0 Å². The van der Waals surface area contributed by atoms with Gasteiger partial charge in [0, 0.05) is 0 Å². The van der Waals surface area contributed by atoms with Crippen LogP contribution in [0.3, 0.4) is 0 Å². The predicted octanol–water partition coefficient (Wildman–Crippen LogP) is -4.07. The molecule has 0 bridgehead atoms. The second-order valence-electron chi connectivity index (χ2n) is 2.83. The number of carboxylic acids is 1. The molecule has 10 heteroatoms. The van der Waals surface area contributed by atoms with Crippen LogP contribution in [0.4, 0.5) is 4.79 Å². The van der Waals surface area contributed by atoms with E-state index < -0.39 is 18.2 Å². The predicted molar refractivity (Wildman–Crippen MR) is 54.9 cm³/mol. The van der Waals surface area contributed by atoms with Crippen molar-refractivity contribution in [3.05, 3.63) is 0 Å². The Morgan fingerprint density at radius 2 is 1.94 bits per heavy atom. The Balaban J connectivity index is 0. The Labute approximate surface area is 122 Å². The first-order valence-electron chi connectivity index (χ1n) is 4.52. The van der Waals surface area contributed by atoms with Gasteiger partial charge in [-0.25, -0.2) is 0 Å². The number of nitrogens with one attached hydrogen (secondary N) is 3. The number of guanidine groups is 1. The van der Waals surface area contributed by atoms with E-state index in [4.69, 9.17) is 31.3 Å². The van der Waals surface area contributed by atoms with Crippen molar-refractivity contribution in [3.63, 3.8) is 0 Å². The van der Waals surface area contributed by atoms with E-state index in [0.29, 0.717) is 19.4 Å².